The third-order valence-electron chi connectivity index (χ3n) is 5.76. The number of nitrogens with zero attached hydrogens (tertiary/aromatic N) is 2. The Morgan fingerprint density at radius 3 is 3.00 bits per heavy atom. The molecule has 2 aliphatic rings. The lowest BCUT2D eigenvalue weighted by molar-refractivity contribution is -0.158. The zero-order valence-corrected chi connectivity index (χ0v) is 18.1. The number of ether oxygens (including phenoxy) is 2. The van der Waals surface area contributed by atoms with Crippen molar-refractivity contribution in [1.29, 1.82) is 0 Å². The molecule has 9 heteroatoms. The number of β-amino-alcohol motifs (C(OH)–C–C–N with tert-alkyl or cyclic N) is 1. The highest BCUT2D eigenvalue weighted by molar-refractivity contribution is 7.09. The van der Waals surface area contributed by atoms with Crippen molar-refractivity contribution in [2.75, 3.05) is 19.8 Å². The summed E-state index contributed by atoms with van der Waals surface area (Å²) in [5, 5.41) is 16.0. The quantitative estimate of drug-likeness (QED) is 0.703. The van der Waals surface area contributed by atoms with Crippen LogP contribution in [-0.4, -0.2) is 65.0 Å². The van der Waals surface area contributed by atoms with E-state index in [1.165, 1.54) is 6.07 Å². The Hall–Kier alpha value is -1.91. The molecule has 3 heterocycles. The van der Waals surface area contributed by atoms with Crippen molar-refractivity contribution in [2.45, 2.75) is 56.7 Å². The first-order valence-electron chi connectivity index (χ1n) is 10.6. The molecule has 7 nitrogen and oxygen atoms in total. The molecule has 0 spiro atoms. The molecule has 2 N–H and O–H groups in total. The molecular formula is C22H28FN3O4S. The minimum atomic E-state index is -0.553. The molecule has 1 aromatic carbocycles. The molecule has 0 aliphatic carbocycles. The molecule has 2 fully saturated rings. The van der Waals surface area contributed by atoms with Crippen LogP contribution < -0.4 is 5.32 Å². The molecule has 2 aliphatic heterocycles. The minimum absolute atomic E-state index is 0.0941. The highest BCUT2D eigenvalue weighted by Gasteiger charge is 2.38. The number of aromatic nitrogens is 1. The molecule has 4 atom stereocenters. The van der Waals surface area contributed by atoms with Gasteiger partial charge in [0.05, 0.1) is 44.5 Å². The first-order valence-corrected chi connectivity index (χ1v) is 11.5. The van der Waals surface area contributed by atoms with Gasteiger partial charge in [-0.25, -0.2) is 9.37 Å². The lowest BCUT2D eigenvalue weighted by atomic mass is 9.94. The van der Waals surface area contributed by atoms with E-state index in [0.29, 0.717) is 25.3 Å². The fraction of sp³-hybridized carbons (Fsp3) is 0.545. The molecule has 31 heavy (non-hydrogen) atoms. The number of aliphatic hydroxyl groups is 1. The van der Waals surface area contributed by atoms with E-state index in [9.17, 15) is 14.3 Å². The fourth-order valence-electron chi connectivity index (χ4n) is 4.25. The Labute approximate surface area is 185 Å². The number of hydrogen-bond donors (Lipinski definition) is 2. The van der Waals surface area contributed by atoms with E-state index < -0.39 is 6.10 Å². The number of rotatable bonds is 6. The molecule has 0 bridgehead atoms. The van der Waals surface area contributed by atoms with Gasteiger partial charge < -0.3 is 19.9 Å². The number of carbonyl (C=O) groups excluding carboxylic acids is 1. The van der Waals surface area contributed by atoms with Crippen LogP contribution in [0, 0.1) is 5.82 Å². The first-order chi connectivity index (χ1) is 15.1. The molecule has 2 saturated heterocycles. The van der Waals surface area contributed by atoms with E-state index in [-0.39, 0.29) is 49.5 Å². The van der Waals surface area contributed by atoms with Gasteiger partial charge in [0.1, 0.15) is 10.8 Å². The van der Waals surface area contributed by atoms with Gasteiger partial charge in [0.25, 0.3) is 0 Å². The van der Waals surface area contributed by atoms with Gasteiger partial charge in [-0.1, -0.05) is 18.2 Å². The van der Waals surface area contributed by atoms with Crippen molar-refractivity contribution in [2.24, 2.45) is 0 Å². The maximum Gasteiger partial charge on any atom is 0.222 e. The van der Waals surface area contributed by atoms with Gasteiger partial charge in [0, 0.05) is 36.3 Å². The lowest BCUT2D eigenvalue weighted by Crippen LogP contribution is -2.55. The van der Waals surface area contributed by atoms with Gasteiger partial charge in [0.2, 0.25) is 5.91 Å². The average molecular weight is 450 g/mol. The standard InChI is InChI=1S/C22H28FN3O4S/c23-18-4-2-1-3-15(18)10-25-21(28)9-17-5-6-19-20(30-17)14-29-13-16(27)11-26(19)12-22-24-7-8-31-22/h1-4,7-8,16-17,19-20,27H,5-6,9-14H2,(H,25,28)/t16-,17-,19-,20+/m0/s1. The molecule has 4 rings (SSSR count). The van der Waals surface area contributed by atoms with Crippen LogP contribution in [0.25, 0.3) is 0 Å². The number of aliphatic hydroxyl groups excluding tert-OH is 1. The average Bonchev–Trinajstić information content (AvgIpc) is 3.25. The number of carbonyl (C=O) groups is 1. The topological polar surface area (TPSA) is 83.9 Å². The van der Waals surface area contributed by atoms with Crippen molar-refractivity contribution in [3.8, 4) is 0 Å². The van der Waals surface area contributed by atoms with Crippen LogP contribution in [0.5, 0.6) is 0 Å². The van der Waals surface area contributed by atoms with E-state index in [0.717, 1.165) is 17.8 Å². The summed E-state index contributed by atoms with van der Waals surface area (Å²) >= 11 is 1.60. The third-order valence-corrected chi connectivity index (χ3v) is 6.52. The van der Waals surface area contributed by atoms with Crippen molar-refractivity contribution < 1.29 is 23.8 Å². The van der Waals surface area contributed by atoms with Crippen LogP contribution in [-0.2, 0) is 27.4 Å². The van der Waals surface area contributed by atoms with Crippen molar-refractivity contribution >= 4 is 17.2 Å². The Bertz CT molecular complexity index is 853. The van der Waals surface area contributed by atoms with Gasteiger partial charge in [-0.3, -0.25) is 9.69 Å². The van der Waals surface area contributed by atoms with Gasteiger partial charge in [-0.2, -0.15) is 0 Å². The van der Waals surface area contributed by atoms with Crippen LogP contribution >= 0.6 is 11.3 Å². The van der Waals surface area contributed by atoms with Crippen molar-refractivity contribution in [3.05, 3.63) is 52.2 Å². The van der Waals surface area contributed by atoms with Gasteiger partial charge in [-0.15, -0.1) is 11.3 Å². The summed E-state index contributed by atoms with van der Waals surface area (Å²) in [7, 11) is 0. The number of thiazole rings is 1. The molecule has 168 valence electrons. The van der Waals surface area contributed by atoms with Crippen molar-refractivity contribution in [1.82, 2.24) is 15.2 Å². The summed E-state index contributed by atoms with van der Waals surface area (Å²) in [6, 6.07) is 6.51. The van der Waals surface area contributed by atoms with Crippen LogP contribution in [0.15, 0.2) is 35.8 Å². The monoisotopic (exact) mass is 449 g/mol. The van der Waals surface area contributed by atoms with Crippen molar-refractivity contribution in [3.63, 3.8) is 0 Å². The van der Waals surface area contributed by atoms with Gasteiger partial charge in [0.15, 0.2) is 0 Å². The number of halogens is 1. The molecule has 0 saturated carbocycles. The van der Waals surface area contributed by atoms with Crippen LogP contribution in [0.3, 0.4) is 0 Å². The smallest absolute Gasteiger partial charge is 0.222 e. The fourth-order valence-corrected chi connectivity index (χ4v) is 4.89. The second-order valence-electron chi connectivity index (χ2n) is 8.06. The summed E-state index contributed by atoms with van der Waals surface area (Å²) in [4.78, 5) is 19.0. The Balaban J connectivity index is 1.33. The van der Waals surface area contributed by atoms with E-state index in [1.807, 2.05) is 5.38 Å². The number of hydrogen-bond acceptors (Lipinski definition) is 7. The second kappa shape index (κ2) is 10.6. The van der Waals surface area contributed by atoms with Gasteiger partial charge >= 0.3 is 0 Å². The zero-order chi connectivity index (χ0) is 21.6. The largest absolute Gasteiger partial charge is 0.389 e. The van der Waals surface area contributed by atoms with Crippen LogP contribution in [0.2, 0.25) is 0 Å². The second-order valence-corrected chi connectivity index (χ2v) is 9.04. The van der Waals surface area contributed by atoms with E-state index in [2.05, 4.69) is 15.2 Å². The number of benzene rings is 1. The Kier molecular flexibility index (Phi) is 7.62. The number of nitrogens with one attached hydrogen (secondary N) is 1. The zero-order valence-electron chi connectivity index (χ0n) is 17.3. The normalized spacial score (nSPS) is 27.2. The summed E-state index contributed by atoms with van der Waals surface area (Å²) < 4.78 is 25.7. The van der Waals surface area contributed by atoms with Gasteiger partial charge in [-0.05, 0) is 18.9 Å². The summed E-state index contributed by atoms with van der Waals surface area (Å²) in [6.07, 6.45) is 2.65. The summed E-state index contributed by atoms with van der Waals surface area (Å²) in [5.74, 6) is -0.484. The molecule has 1 amide bonds. The first kappa shape index (κ1) is 22.3. The number of fused-ring (bicyclic) bond motifs is 1. The summed E-state index contributed by atoms with van der Waals surface area (Å²) in [6.45, 7) is 1.95. The molecule has 1 aromatic heterocycles. The van der Waals surface area contributed by atoms with E-state index in [4.69, 9.17) is 9.47 Å². The minimum Gasteiger partial charge on any atom is -0.389 e. The number of amides is 1. The summed E-state index contributed by atoms with van der Waals surface area (Å²) in [5.41, 5.74) is 0.463. The molecule has 0 radical (unpaired) electrons. The molecule has 2 aromatic rings. The highest BCUT2D eigenvalue weighted by atomic mass is 32.1. The SMILES string of the molecule is O=C(C[C@@H]1CC[C@H]2[C@@H](COC[C@@H](O)CN2Cc2nccs2)O1)NCc1ccccc1F. The maximum absolute atomic E-state index is 13.7. The molecule has 0 unspecified atom stereocenters. The lowest BCUT2D eigenvalue weighted by Gasteiger charge is -2.44. The Morgan fingerprint density at radius 2 is 2.19 bits per heavy atom. The highest BCUT2D eigenvalue weighted by Crippen LogP contribution is 2.29. The van der Waals surface area contributed by atoms with E-state index in [1.54, 1.807) is 35.7 Å². The van der Waals surface area contributed by atoms with Crippen LogP contribution in [0.1, 0.15) is 29.8 Å². The third kappa shape index (κ3) is 6.08. The predicted octanol–water partition coefficient (Wildman–Crippen LogP) is 2.10. The molecular weight excluding hydrogens is 421 g/mol. The van der Waals surface area contributed by atoms with E-state index >= 15 is 0 Å². The Morgan fingerprint density at radius 1 is 1.32 bits per heavy atom. The maximum atomic E-state index is 13.7. The van der Waals surface area contributed by atoms with Crippen LogP contribution in [0.4, 0.5) is 4.39 Å². The predicted molar refractivity (Wildman–Crippen MR) is 114 cm³/mol.